The molecule has 1 saturated heterocycles. The molecular weight excluding hydrogens is 302 g/mol. The Morgan fingerprint density at radius 1 is 1.25 bits per heavy atom. The van der Waals surface area contributed by atoms with Gasteiger partial charge in [-0.1, -0.05) is 13.8 Å². The van der Waals surface area contributed by atoms with Crippen molar-refractivity contribution in [2.24, 2.45) is 0 Å². The van der Waals surface area contributed by atoms with Crippen LogP contribution in [0.4, 0.5) is 0 Å². The molecule has 0 N–H and O–H groups in total. The first-order valence-corrected chi connectivity index (χ1v) is 9.40. The van der Waals surface area contributed by atoms with Crippen molar-refractivity contribution in [1.82, 2.24) is 14.8 Å². The van der Waals surface area contributed by atoms with Gasteiger partial charge in [0.05, 0.1) is 25.4 Å². The van der Waals surface area contributed by atoms with Crippen molar-refractivity contribution in [2.45, 2.75) is 51.5 Å². The summed E-state index contributed by atoms with van der Waals surface area (Å²) >= 11 is 0. The third-order valence-electron chi connectivity index (χ3n) is 5.46. The maximum atomic E-state index is 6.18. The Morgan fingerprint density at radius 3 is 2.79 bits per heavy atom. The molecule has 5 heteroatoms. The highest BCUT2D eigenvalue weighted by Gasteiger charge is 2.43. The van der Waals surface area contributed by atoms with Crippen molar-refractivity contribution >= 4 is 0 Å². The summed E-state index contributed by atoms with van der Waals surface area (Å²) in [7, 11) is 0. The Bertz CT molecular complexity index is 481. The van der Waals surface area contributed by atoms with Crippen molar-refractivity contribution in [3.8, 4) is 0 Å². The van der Waals surface area contributed by atoms with E-state index in [2.05, 4.69) is 28.6 Å². The molecule has 2 fully saturated rings. The Balaban J connectivity index is 1.51. The fourth-order valence-corrected chi connectivity index (χ4v) is 3.94. The zero-order valence-electron chi connectivity index (χ0n) is 15.1. The second-order valence-electron chi connectivity index (χ2n) is 6.75. The van der Waals surface area contributed by atoms with Gasteiger partial charge in [0.1, 0.15) is 0 Å². The summed E-state index contributed by atoms with van der Waals surface area (Å²) in [6.07, 6.45) is 6.38. The van der Waals surface area contributed by atoms with Crippen LogP contribution in [0, 0.1) is 0 Å². The standard InChI is InChI=1S/C19H31N3O2/c1-3-21(4-2)11-12-22-13-14-23-19-17(22)5-6-18(19)24-15-16-7-9-20-10-8-16/h7-10,17-19H,3-6,11-15H2,1-2H3/t17-,18-,19+/m0/s1. The van der Waals surface area contributed by atoms with Crippen molar-refractivity contribution in [2.75, 3.05) is 39.3 Å². The van der Waals surface area contributed by atoms with Crippen LogP contribution in [0.2, 0.25) is 0 Å². The van der Waals surface area contributed by atoms with Crippen LogP contribution in [0.25, 0.3) is 0 Å². The smallest absolute Gasteiger partial charge is 0.0992 e. The lowest BCUT2D eigenvalue weighted by atomic mass is 10.1. The molecule has 1 saturated carbocycles. The minimum atomic E-state index is 0.222. The topological polar surface area (TPSA) is 37.8 Å². The highest BCUT2D eigenvalue weighted by molar-refractivity contribution is 5.08. The van der Waals surface area contributed by atoms with Crippen LogP contribution in [0.5, 0.6) is 0 Å². The van der Waals surface area contributed by atoms with Gasteiger partial charge in [0.15, 0.2) is 0 Å². The van der Waals surface area contributed by atoms with E-state index < -0.39 is 0 Å². The monoisotopic (exact) mass is 333 g/mol. The molecule has 1 aliphatic heterocycles. The largest absolute Gasteiger partial charge is 0.373 e. The molecule has 1 aromatic rings. The average Bonchev–Trinajstić information content (AvgIpc) is 3.05. The number of likely N-dealkylation sites (N-methyl/N-ethyl adjacent to an activating group) is 1. The normalized spacial score (nSPS) is 27.5. The van der Waals surface area contributed by atoms with Gasteiger partial charge in [-0.2, -0.15) is 0 Å². The average molecular weight is 333 g/mol. The number of hydrogen-bond donors (Lipinski definition) is 0. The molecule has 0 spiro atoms. The molecule has 3 rings (SSSR count). The zero-order valence-corrected chi connectivity index (χ0v) is 15.1. The summed E-state index contributed by atoms with van der Waals surface area (Å²) in [4.78, 5) is 9.18. The molecule has 24 heavy (non-hydrogen) atoms. The highest BCUT2D eigenvalue weighted by Crippen LogP contribution is 2.32. The highest BCUT2D eigenvalue weighted by atomic mass is 16.5. The van der Waals surface area contributed by atoms with Crippen LogP contribution < -0.4 is 0 Å². The Labute approximate surface area is 145 Å². The maximum absolute atomic E-state index is 6.18. The summed E-state index contributed by atoms with van der Waals surface area (Å²) in [5.41, 5.74) is 1.18. The third-order valence-corrected chi connectivity index (χ3v) is 5.46. The number of rotatable bonds is 8. The summed E-state index contributed by atoms with van der Waals surface area (Å²) in [5.74, 6) is 0. The first-order chi connectivity index (χ1) is 11.8. The molecule has 2 aliphatic rings. The molecular formula is C19H31N3O2. The molecule has 2 heterocycles. The number of ether oxygens (including phenoxy) is 2. The van der Waals surface area contributed by atoms with Crippen LogP contribution in [0.15, 0.2) is 24.5 Å². The molecule has 3 atom stereocenters. The lowest BCUT2D eigenvalue weighted by Crippen LogP contribution is -2.53. The van der Waals surface area contributed by atoms with Crippen LogP contribution in [0.3, 0.4) is 0 Å². The van der Waals surface area contributed by atoms with Crippen molar-refractivity contribution in [3.05, 3.63) is 30.1 Å². The first-order valence-electron chi connectivity index (χ1n) is 9.40. The van der Waals surface area contributed by atoms with Crippen molar-refractivity contribution in [1.29, 1.82) is 0 Å². The molecule has 0 radical (unpaired) electrons. The van der Waals surface area contributed by atoms with E-state index in [4.69, 9.17) is 9.47 Å². The molecule has 0 amide bonds. The van der Waals surface area contributed by atoms with Crippen LogP contribution >= 0.6 is 0 Å². The van der Waals surface area contributed by atoms with Gasteiger partial charge < -0.3 is 14.4 Å². The van der Waals surface area contributed by atoms with Crippen LogP contribution in [0.1, 0.15) is 32.3 Å². The zero-order chi connectivity index (χ0) is 16.8. The van der Waals surface area contributed by atoms with E-state index in [1.807, 2.05) is 24.5 Å². The summed E-state index contributed by atoms with van der Waals surface area (Å²) in [6.45, 7) is 11.6. The fraction of sp³-hybridized carbons (Fsp3) is 0.737. The Hall–Kier alpha value is -1.01. The second kappa shape index (κ2) is 8.90. The summed E-state index contributed by atoms with van der Waals surface area (Å²) in [6, 6.07) is 4.56. The molecule has 0 bridgehead atoms. The predicted molar refractivity (Wildman–Crippen MR) is 94.9 cm³/mol. The van der Waals surface area contributed by atoms with E-state index in [1.165, 1.54) is 12.0 Å². The van der Waals surface area contributed by atoms with Crippen molar-refractivity contribution < 1.29 is 9.47 Å². The van der Waals surface area contributed by atoms with Gasteiger partial charge >= 0.3 is 0 Å². The molecule has 0 unspecified atom stereocenters. The van der Waals surface area contributed by atoms with Gasteiger partial charge in [-0.15, -0.1) is 0 Å². The van der Waals surface area contributed by atoms with Gasteiger partial charge in [0, 0.05) is 38.1 Å². The van der Waals surface area contributed by atoms with Gasteiger partial charge in [-0.25, -0.2) is 0 Å². The van der Waals surface area contributed by atoms with Crippen LogP contribution in [-0.4, -0.2) is 72.4 Å². The lowest BCUT2D eigenvalue weighted by molar-refractivity contribution is -0.117. The predicted octanol–water partition coefficient (Wildman–Crippen LogP) is 2.17. The van der Waals surface area contributed by atoms with E-state index in [0.717, 1.165) is 45.8 Å². The van der Waals surface area contributed by atoms with Crippen LogP contribution in [-0.2, 0) is 16.1 Å². The lowest BCUT2D eigenvalue weighted by Gasteiger charge is -2.39. The number of aromatic nitrogens is 1. The van der Waals surface area contributed by atoms with E-state index in [9.17, 15) is 0 Å². The number of nitrogens with zero attached hydrogens (tertiary/aromatic N) is 3. The van der Waals surface area contributed by atoms with Gasteiger partial charge in [0.2, 0.25) is 0 Å². The van der Waals surface area contributed by atoms with E-state index in [1.54, 1.807) is 0 Å². The Kier molecular flexibility index (Phi) is 6.60. The molecule has 1 aromatic heterocycles. The second-order valence-corrected chi connectivity index (χ2v) is 6.75. The number of pyridine rings is 1. The van der Waals surface area contributed by atoms with Gasteiger partial charge in [-0.3, -0.25) is 9.88 Å². The first kappa shape index (κ1) is 17.8. The summed E-state index contributed by atoms with van der Waals surface area (Å²) < 4.78 is 12.3. The number of morpholine rings is 1. The fourth-order valence-electron chi connectivity index (χ4n) is 3.94. The SMILES string of the molecule is CCN(CC)CCN1CCO[C@H]2[C@@H](OCc3ccncc3)CC[C@@H]21. The molecule has 134 valence electrons. The van der Waals surface area contributed by atoms with E-state index >= 15 is 0 Å². The minimum Gasteiger partial charge on any atom is -0.373 e. The molecule has 1 aliphatic carbocycles. The maximum Gasteiger partial charge on any atom is 0.0992 e. The quantitative estimate of drug-likeness (QED) is 0.729. The molecule has 5 nitrogen and oxygen atoms in total. The number of hydrogen-bond acceptors (Lipinski definition) is 5. The van der Waals surface area contributed by atoms with Crippen molar-refractivity contribution in [3.63, 3.8) is 0 Å². The van der Waals surface area contributed by atoms with Gasteiger partial charge in [-0.05, 0) is 43.6 Å². The van der Waals surface area contributed by atoms with Gasteiger partial charge in [0.25, 0.3) is 0 Å². The van der Waals surface area contributed by atoms with E-state index in [0.29, 0.717) is 12.6 Å². The van der Waals surface area contributed by atoms with E-state index in [-0.39, 0.29) is 12.2 Å². The molecule has 0 aromatic carbocycles. The summed E-state index contributed by atoms with van der Waals surface area (Å²) in [5, 5.41) is 0. The Morgan fingerprint density at radius 2 is 2.04 bits per heavy atom. The third kappa shape index (κ3) is 4.33. The minimum absolute atomic E-state index is 0.222. The number of fused-ring (bicyclic) bond motifs is 1.